The van der Waals surface area contributed by atoms with Crippen molar-refractivity contribution in [1.82, 2.24) is 10.4 Å². The zero-order valence-electron chi connectivity index (χ0n) is 21.2. The normalized spacial score (nSPS) is 17.5. The molecule has 3 rings (SSSR count). The van der Waals surface area contributed by atoms with Gasteiger partial charge in [-0.1, -0.05) is 56.5 Å². The molecule has 1 fully saturated rings. The molecule has 8 nitrogen and oxygen atoms in total. The Labute approximate surface area is 214 Å². The molecule has 2 unspecified atom stereocenters. The first-order valence-electron chi connectivity index (χ1n) is 12.6. The van der Waals surface area contributed by atoms with E-state index in [4.69, 9.17) is 9.47 Å². The zero-order valence-corrected chi connectivity index (χ0v) is 22.0. The summed E-state index contributed by atoms with van der Waals surface area (Å²) in [6.07, 6.45) is 3.87. The van der Waals surface area contributed by atoms with E-state index < -0.39 is 26.6 Å². The second-order valence-electron chi connectivity index (χ2n) is 9.18. The second kappa shape index (κ2) is 13.2. The van der Waals surface area contributed by atoms with Crippen LogP contribution in [0.2, 0.25) is 0 Å². The molecule has 1 heterocycles. The van der Waals surface area contributed by atoms with Gasteiger partial charge in [-0.15, -0.1) is 0 Å². The van der Waals surface area contributed by atoms with E-state index in [1.807, 2.05) is 13.0 Å². The molecule has 36 heavy (non-hydrogen) atoms. The summed E-state index contributed by atoms with van der Waals surface area (Å²) in [6.45, 7) is 4.64. The number of ether oxygens (including phenoxy) is 2. The Balaban J connectivity index is 2.07. The van der Waals surface area contributed by atoms with Gasteiger partial charge >= 0.3 is 0 Å². The standard InChI is InChI=1S/C27H38N2O6S/c1-3-17-27(26(30)28-31,36(32,33)24-15-13-23(34-2)14-16-24)25(22-11-7-6-8-12-22)35-21-20-29-18-9-4-5-10-19-29/h6-8,11-16,25,31H,3-5,9-10,17-21H2,1-2H3,(H,28,30). The van der Waals surface area contributed by atoms with Gasteiger partial charge in [-0.2, -0.15) is 0 Å². The van der Waals surface area contributed by atoms with E-state index in [-0.39, 0.29) is 17.9 Å². The molecule has 0 saturated carbocycles. The van der Waals surface area contributed by atoms with Crippen molar-refractivity contribution in [3.8, 4) is 5.75 Å². The van der Waals surface area contributed by atoms with Crippen LogP contribution in [0.4, 0.5) is 0 Å². The monoisotopic (exact) mass is 518 g/mol. The van der Waals surface area contributed by atoms with E-state index >= 15 is 0 Å². The highest BCUT2D eigenvalue weighted by Crippen LogP contribution is 2.43. The van der Waals surface area contributed by atoms with Gasteiger partial charge < -0.3 is 14.4 Å². The average molecular weight is 519 g/mol. The van der Waals surface area contributed by atoms with Crippen LogP contribution in [-0.2, 0) is 19.4 Å². The third-order valence-electron chi connectivity index (χ3n) is 6.87. The van der Waals surface area contributed by atoms with Crippen molar-refractivity contribution in [2.24, 2.45) is 0 Å². The van der Waals surface area contributed by atoms with Gasteiger partial charge in [-0.3, -0.25) is 10.0 Å². The van der Waals surface area contributed by atoms with Gasteiger partial charge in [-0.05, 0) is 62.2 Å². The van der Waals surface area contributed by atoms with E-state index in [1.54, 1.807) is 29.7 Å². The predicted octanol–water partition coefficient (Wildman–Crippen LogP) is 4.15. The zero-order chi connectivity index (χ0) is 26.0. The highest BCUT2D eigenvalue weighted by Gasteiger charge is 2.57. The van der Waals surface area contributed by atoms with Gasteiger partial charge in [0.2, 0.25) is 0 Å². The van der Waals surface area contributed by atoms with E-state index in [1.165, 1.54) is 44.2 Å². The summed E-state index contributed by atoms with van der Waals surface area (Å²) in [5, 5.41) is 9.80. The van der Waals surface area contributed by atoms with E-state index in [2.05, 4.69) is 4.90 Å². The van der Waals surface area contributed by atoms with Crippen molar-refractivity contribution in [3.63, 3.8) is 0 Å². The first kappa shape index (κ1) is 28.1. The molecule has 0 aliphatic carbocycles. The van der Waals surface area contributed by atoms with Crippen molar-refractivity contribution in [2.75, 3.05) is 33.4 Å². The number of rotatable bonds is 12. The van der Waals surface area contributed by atoms with E-state index in [0.717, 1.165) is 25.9 Å². The highest BCUT2D eigenvalue weighted by molar-refractivity contribution is 7.93. The topological polar surface area (TPSA) is 105 Å². The molecule has 2 aromatic carbocycles. The van der Waals surface area contributed by atoms with Gasteiger partial charge in [-0.25, -0.2) is 13.9 Å². The predicted molar refractivity (Wildman–Crippen MR) is 138 cm³/mol. The summed E-state index contributed by atoms with van der Waals surface area (Å²) in [5.74, 6) is -0.515. The van der Waals surface area contributed by atoms with Gasteiger partial charge in [0.1, 0.15) is 11.9 Å². The van der Waals surface area contributed by atoms with Gasteiger partial charge in [0.05, 0.1) is 18.6 Å². The molecular formula is C27H38N2O6S. The average Bonchev–Trinajstić information content (AvgIpc) is 3.19. The minimum atomic E-state index is -4.34. The van der Waals surface area contributed by atoms with Crippen LogP contribution < -0.4 is 10.2 Å². The van der Waals surface area contributed by atoms with E-state index in [9.17, 15) is 18.4 Å². The van der Waals surface area contributed by atoms with Crippen LogP contribution in [0.3, 0.4) is 0 Å². The second-order valence-corrected chi connectivity index (χ2v) is 11.4. The molecule has 0 radical (unpaired) electrons. The maximum absolute atomic E-state index is 14.3. The maximum atomic E-state index is 14.3. The molecule has 9 heteroatoms. The number of hydrogen-bond donors (Lipinski definition) is 2. The van der Waals surface area contributed by atoms with Gasteiger partial charge in [0.15, 0.2) is 14.6 Å². The Morgan fingerprint density at radius 2 is 1.69 bits per heavy atom. The fraction of sp³-hybridized carbons (Fsp3) is 0.519. The Morgan fingerprint density at radius 3 is 2.25 bits per heavy atom. The smallest absolute Gasteiger partial charge is 0.268 e. The lowest BCUT2D eigenvalue weighted by molar-refractivity contribution is -0.137. The lowest BCUT2D eigenvalue weighted by atomic mass is 9.89. The maximum Gasteiger partial charge on any atom is 0.268 e. The van der Waals surface area contributed by atoms with Crippen molar-refractivity contribution in [1.29, 1.82) is 0 Å². The van der Waals surface area contributed by atoms with Crippen LogP contribution in [0.1, 0.15) is 57.1 Å². The van der Waals surface area contributed by atoms with Crippen LogP contribution in [-0.4, -0.2) is 62.5 Å². The van der Waals surface area contributed by atoms with Crippen LogP contribution in [0.25, 0.3) is 0 Å². The van der Waals surface area contributed by atoms with E-state index in [0.29, 0.717) is 24.3 Å². The number of carbonyl (C=O) groups excluding carboxylic acids is 1. The Bertz CT molecular complexity index is 1050. The third-order valence-corrected chi connectivity index (χ3v) is 9.33. The molecule has 0 bridgehead atoms. The Morgan fingerprint density at radius 1 is 1.06 bits per heavy atom. The lowest BCUT2D eigenvalue weighted by Crippen LogP contribution is -2.56. The molecule has 2 atom stereocenters. The van der Waals surface area contributed by atoms with Crippen molar-refractivity contribution in [3.05, 3.63) is 60.2 Å². The molecule has 0 aromatic heterocycles. The number of likely N-dealkylation sites (tertiary alicyclic amines) is 1. The van der Waals surface area contributed by atoms with Gasteiger partial charge in [0, 0.05) is 6.54 Å². The van der Waals surface area contributed by atoms with Crippen molar-refractivity contribution >= 4 is 15.7 Å². The Hall–Kier alpha value is -2.46. The summed E-state index contributed by atoms with van der Waals surface area (Å²) in [4.78, 5) is 15.7. The molecule has 1 aliphatic heterocycles. The fourth-order valence-corrected chi connectivity index (χ4v) is 7.14. The summed E-state index contributed by atoms with van der Waals surface area (Å²) < 4.78 is 38.0. The lowest BCUT2D eigenvalue weighted by Gasteiger charge is -2.38. The number of amides is 1. The number of hydroxylamine groups is 1. The summed E-state index contributed by atoms with van der Waals surface area (Å²) in [5.41, 5.74) is 2.21. The molecule has 198 valence electrons. The van der Waals surface area contributed by atoms with Crippen molar-refractivity contribution in [2.45, 2.75) is 61.2 Å². The largest absolute Gasteiger partial charge is 0.497 e. The third kappa shape index (κ3) is 6.08. The molecule has 2 N–H and O–H groups in total. The minimum absolute atomic E-state index is 0.0441. The number of sulfone groups is 1. The molecule has 1 amide bonds. The molecule has 2 aromatic rings. The highest BCUT2D eigenvalue weighted by atomic mass is 32.2. The van der Waals surface area contributed by atoms with Crippen LogP contribution >= 0.6 is 0 Å². The number of hydrogen-bond acceptors (Lipinski definition) is 7. The fourth-order valence-electron chi connectivity index (χ4n) is 4.98. The number of nitrogens with one attached hydrogen (secondary N) is 1. The molecule has 1 saturated heterocycles. The number of nitrogens with zero attached hydrogens (tertiary/aromatic N) is 1. The SMILES string of the molecule is CCCC(C(=O)NO)(C(OCCN1CCCCCC1)c1ccccc1)S(=O)(=O)c1ccc(OC)cc1. The van der Waals surface area contributed by atoms with Gasteiger partial charge in [0.25, 0.3) is 5.91 Å². The summed E-state index contributed by atoms with van der Waals surface area (Å²) >= 11 is 0. The number of methoxy groups -OCH3 is 1. The molecule has 1 aliphatic rings. The number of carbonyl (C=O) groups is 1. The van der Waals surface area contributed by atoms with Crippen LogP contribution in [0.5, 0.6) is 5.75 Å². The first-order chi connectivity index (χ1) is 17.4. The first-order valence-corrected chi connectivity index (χ1v) is 14.1. The summed E-state index contributed by atoms with van der Waals surface area (Å²) in [7, 11) is -2.84. The number of benzene rings is 2. The minimum Gasteiger partial charge on any atom is -0.497 e. The Kier molecular flexibility index (Phi) is 10.3. The van der Waals surface area contributed by atoms with Crippen molar-refractivity contribution < 1.29 is 27.9 Å². The molecule has 0 spiro atoms. The summed E-state index contributed by atoms with van der Waals surface area (Å²) in [6, 6.07) is 14.8. The quantitative estimate of drug-likeness (QED) is 0.321. The molecular weight excluding hydrogens is 480 g/mol. The van der Waals surface area contributed by atoms with Crippen LogP contribution in [0, 0.1) is 0 Å². The van der Waals surface area contributed by atoms with Crippen LogP contribution in [0.15, 0.2) is 59.5 Å².